The van der Waals surface area contributed by atoms with Crippen LogP contribution in [0.25, 0.3) is 0 Å². The minimum absolute atomic E-state index is 0.0437. The molecule has 0 bridgehead atoms. The van der Waals surface area contributed by atoms with Gasteiger partial charge < -0.3 is 9.47 Å². The lowest BCUT2D eigenvalue weighted by Gasteiger charge is -2.10. The number of ether oxygens (including phenoxy) is 2. The van der Waals surface area contributed by atoms with Gasteiger partial charge in [-0.05, 0) is 12.8 Å². The molecular weight excluding hydrogens is 232 g/mol. The maximum atomic E-state index is 10.9. The van der Waals surface area contributed by atoms with Crippen molar-refractivity contribution in [3.63, 3.8) is 0 Å². The molecule has 0 radical (unpaired) electrons. The molecule has 0 aliphatic heterocycles. The molecule has 0 aliphatic carbocycles. The summed E-state index contributed by atoms with van der Waals surface area (Å²) >= 11 is 0. The van der Waals surface area contributed by atoms with Gasteiger partial charge in [-0.15, -0.1) is 0 Å². The van der Waals surface area contributed by atoms with Crippen LogP contribution in [-0.2, 0) is 19.1 Å². The first-order valence-corrected chi connectivity index (χ1v) is 6.35. The third kappa shape index (κ3) is 11.0. The minimum atomic E-state index is -0.394. The summed E-state index contributed by atoms with van der Waals surface area (Å²) in [6.45, 7) is 4.88. The molecular formula is C14H22O4. The molecule has 0 fully saturated rings. The lowest BCUT2D eigenvalue weighted by molar-refractivity contribution is -0.144. The summed E-state index contributed by atoms with van der Waals surface area (Å²) in [5.41, 5.74) is 0. The number of esters is 2. The van der Waals surface area contributed by atoms with Gasteiger partial charge in [-0.25, -0.2) is 0 Å². The fourth-order valence-electron chi connectivity index (χ4n) is 1.41. The lowest BCUT2D eigenvalue weighted by atomic mass is 10.1. The minimum Gasteiger partial charge on any atom is -0.453 e. The largest absolute Gasteiger partial charge is 0.453 e. The van der Waals surface area contributed by atoms with Crippen LogP contribution in [0, 0.1) is 11.8 Å². The van der Waals surface area contributed by atoms with Crippen LogP contribution in [0.2, 0.25) is 0 Å². The fraction of sp³-hybridized carbons (Fsp3) is 0.714. The van der Waals surface area contributed by atoms with Crippen LogP contribution < -0.4 is 0 Å². The van der Waals surface area contributed by atoms with Crippen LogP contribution in [0.1, 0.15) is 52.9 Å². The van der Waals surface area contributed by atoms with E-state index in [0.717, 1.165) is 25.7 Å². The highest BCUT2D eigenvalue weighted by Gasteiger charge is 2.07. The van der Waals surface area contributed by atoms with Gasteiger partial charge in [-0.2, -0.15) is 0 Å². The summed E-state index contributed by atoms with van der Waals surface area (Å²) in [5, 5.41) is 0. The van der Waals surface area contributed by atoms with Crippen LogP contribution in [0.4, 0.5) is 0 Å². The fourth-order valence-corrected chi connectivity index (χ4v) is 1.41. The number of carbonyl (C=O) groups excluding carboxylic acids is 2. The van der Waals surface area contributed by atoms with Gasteiger partial charge in [-0.3, -0.25) is 9.59 Å². The molecule has 0 N–H and O–H groups in total. The summed E-state index contributed by atoms with van der Waals surface area (Å²) in [5.74, 6) is 4.81. The molecule has 0 heterocycles. The van der Waals surface area contributed by atoms with E-state index in [4.69, 9.17) is 4.74 Å². The highest BCUT2D eigenvalue weighted by Crippen LogP contribution is 2.08. The zero-order valence-corrected chi connectivity index (χ0v) is 11.5. The predicted octanol–water partition coefficient (Wildman–Crippen LogP) is 2.46. The normalized spacial score (nSPS) is 11.1. The summed E-state index contributed by atoms with van der Waals surface area (Å²) in [6.07, 6.45) is 4.76. The molecule has 0 aliphatic rings. The molecule has 0 saturated carbocycles. The second-order valence-corrected chi connectivity index (χ2v) is 4.05. The molecule has 0 aromatic carbocycles. The summed E-state index contributed by atoms with van der Waals surface area (Å²) < 4.78 is 9.77. The van der Waals surface area contributed by atoms with Gasteiger partial charge in [0.15, 0.2) is 12.7 Å². The smallest absolute Gasteiger partial charge is 0.303 e. The van der Waals surface area contributed by atoms with Gasteiger partial charge in [0, 0.05) is 13.8 Å². The second-order valence-electron chi connectivity index (χ2n) is 4.05. The van der Waals surface area contributed by atoms with Gasteiger partial charge in [-0.1, -0.05) is 38.0 Å². The van der Waals surface area contributed by atoms with Crippen molar-refractivity contribution < 1.29 is 19.1 Å². The number of carbonyl (C=O) groups is 2. The Balaban J connectivity index is 4.04. The first-order chi connectivity index (χ1) is 8.56. The Morgan fingerprint density at radius 3 is 2.39 bits per heavy atom. The van der Waals surface area contributed by atoms with Crippen molar-refractivity contribution in [3.8, 4) is 11.8 Å². The van der Waals surface area contributed by atoms with Crippen molar-refractivity contribution in [3.05, 3.63) is 0 Å². The van der Waals surface area contributed by atoms with E-state index < -0.39 is 6.10 Å². The Hall–Kier alpha value is -1.50. The molecule has 0 rings (SSSR count). The average molecular weight is 254 g/mol. The third-order valence-corrected chi connectivity index (χ3v) is 2.24. The van der Waals surface area contributed by atoms with Crippen LogP contribution >= 0.6 is 0 Å². The molecule has 0 aromatic rings. The molecule has 102 valence electrons. The Labute approximate surface area is 109 Å². The maximum Gasteiger partial charge on any atom is 0.303 e. The Kier molecular flexibility index (Phi) is 9.75. The van der Waals surface area contributed by atoms with Crippen molar-refractivity contribution in [2.24, 2.45) is 0 Å². The van der Waals surface area contributed by atoms with Crippen LogP contribution in [0.15, 0.2) is 0 Å². The zero-order valence-electron chi connectivity index (χ0n) is 11.5. The first-order valence-electron chi connectivity index (χ1n) is 6.35. The third-order valence-electron chi connectivity index (χ3n) is 2.24. The Morgan fingerprint density at radius 2 is 1.83 bits per heavy atom. The molecule has 4 nitrogen and oxygen atoms in total. The van der Waals surface area contributed by atoms with E-state index in [-0.39, 0.29) is 18.5 Å². The molecule has 1 atom stereocenters. The molecule has 0 spiro atoms. The van der Waals surface area contributed by atoms with E-state index in [1.165, 1.54) is 20.3 Å². The number of unbranched alkanes of at least 4 members (excludes halogenated alkanes) is 3. The van der Waals surface area contributed by atoms with Crippen molar-refractivity contribution in [1.82, 2.24) is 0 Å². The van der Waals surface area contributed by atoms with Crippen LogP contribution in [0.3, 0.4) is 0 Å². The van der Waals surface area contributed by atoms with E-state index in [9.17, 15) is 9.59 Å². The highest BCUT2D eigenvalue weighted by molar-refractivity contribution is 5.66. The summed E-state index contributed by atoms with van der Waals surface area (Å²) in [6, 6.07) is 0. The highest BCUT2D eigenvalue weighted by atomic mass is 16.5. The SMILES string of the molecule is CCCCCCC(C#CCOC(C)=O)OC(C)=O. The van der Waals surface area contributed by atoms with Crippen molar-refractivity contribution in [2.75, 3.05) is 6.61 Å². The zero-order chi connectivity index (χ0) is 13.8. The van der Waals surface area contributed by atoms with Crippen molar-refractivity contribution >= 4 is 11.9 Å². The van der Waals surface area contributed by atoms with Crippen molar-refractivity contribution in [1.29, 1.82) is 0 Å². The quantitative estimate of drug-likeness (QED) is 0.398. The first kappa shape index (κ1) is 16.5. The maximum absolute atomic E-state index is 10.9. The molecule has 0 aromatic heterocycles. The van der Waals surface area contributed by atoms with E-state index in [1.807, 2.05) is 0 Å². The second kappa shape index (κ2) is 10.6. The topological polar surface area (TPSA) is 52.6 Å². The lowest BCUT2D eigenvalue weighted by Crippen LogP contribution is -2.14. The van der Waals surface area contributed by atoms with Gasteiger partial charge >= 0.3 is 11.9 Å². The molecule has 4 heteroatoms. The van der Waals surface area contributed by atoms with E-state index >= 15 is 0 Å². The summed E-state index contributed by atoms with van der Waals surface area (Å²) in [4.78, 5) is 21.4. The summed E-state index contributed by atoms with van der Waals surface area (Å²) in [7, 11) is 0. The Bertz CT molecular complexity index is 311. The van der Waals surface area contributed by atoms with Crippen LogP contribution in [-0.4, -0.2) is 24.6 Å². The van der Waals surface area contributed by atoms with Gasteiger partial charge in [0.05, 0.1) is 0 Å². The predicted molar refractivity (Wildman–Crippen MR) is 68.7 cm³/mol. The average Bonchev–Trinajstić information content (AvgIpc) is 2.28. The Morgan fingerprint density at radius 1 is 1.11 bits per heavy atom. The number of hydrogen-bond donors (Lipinski definition) is 0. The number of rotatable bonds is 7. The molecule has 18 heavy (non-hydrogen) atoms. The van der Waals surface area contributed by atoms with E-state index in [2.05, 4.69) is 23.5 Å². The van der Waals surface area contributed by atoms with E-state index in [1.54, 1.807) is 0 Å². The van der Waals surface area contributed by atoms with Crippen molar-refractivity contribution in [2.45, 2.75) is 59.0 Å². The van der Waals surface area contributed by atoms with Gasteiger partial charge in [0.2, 0.25) is 0 Å². The number of hydrogen-bond acceptors (Lipinski definition) is 4. The molecule has 0 amide bonds. The molecule has 1 unspecified atom stereocenters. The van der Waals surface area contributed by atoms with Gasteiger partial charge in [0.25, 0.3) is 0 Å². The van der Waals surface area contributed by atoms with E-state index in [0.29, 0.717) is 0 Å². The molecule has 0 saturated heterocycles. The standard InChI is InChI=1S/C14H22O4/c1-4-5-6-7-9-14(18-13(3)16)10-8-11-17-12(2)15/h14H,4-7,9,11H2,1-3H3. The van der Waals surface area contributed by atoms with Crippen LogP contribution in [0.5, 0.6) is 0 Å². The van der Waals surface area contributed by atoms with Gasteiger partial charge in [0.1, 0.15) is 0 Å². The monoisotopic (exact) mass is 254 g/mol.